The van der Waals surface area contributed by atoms with E-state index < -0.39 is 21.8 Å². The lowest BCUT2D eigenvalue weighted by molar-refractivity contribution is 0.0602. The number of benzene rings is 1. The number of esters is 1. The lowest BCUT2D eigenvalue weighted by Gasteiger charge is -2.08. The van der Waals surface area contributed by atoms with Gasteiger partial charge in [0.05, 0.1) is 25.2 Å². The first-order chi connectivity index (χ1) is 12.9. The van der Waals surface area contributed by atoms with Gasteiger partial charge in [0.1, 0.15) is 9.77 Å². The van der Waals surface area contributed by atoms with Gasteiger partial charge in [-0.25, -0.2) is 27.6 Å². The van der Waals surface area contributed by atoms with Gasteiger partial charge in [-0.15, -0.1) is 11.3 Å². The Kier molecular flexibility index (Phi) is 5.33. The van der Waals surface area contributed by atoms with Gasteiger partial charge in [-0.3, -0.25) is 4.72 Å². The van der Waals surface area contributed by atoms with E-state index in [0.29, 0.717) is 0 Å². The van der Waals surface area contributed by atoms with Crippen LogP contribution in [0.4, 0.5) is 10.1 Å². The Morgan fingerprint density at radius 3 is 2.56 bits per heavy atom. The van der Waals surface area contributed by atoms with E-state index in [2.05, 4.69) is 19.4 Å². The predicted molar refractivity (Wildman–Crippen MR) is 95.0 cm³/mol. The van der Waals surface area contributed by atoms with E-state index in [-0.39, 0.29) is 27.2 Å². The van der Waals surface area contributed by atoms with Gasteiger partial charge >= 0.3 is 12.0 Å². The second-order valence-corrected chi connectivity index (χ2v) is 7.56. The van der Waals surface area contributed by atoms with Gasteiger partial charge in [0.25, 0.3) is 10.0 Å². The first-order valence-electron chi connectivity index (χ1n) is 7.34. The fraction of sp³-hybridized carbons (Fsp3) is 0.0625. The minimum absolute atomic E-state index is 0.0397. The van der Waals surface area contributed by atoms with E-state index in [0.717, 1.165) is 30.8 Å². The molecule has 0 aliphatic rings. The van der Waals surface area contributed by atoms with E-state index in [1.54, 1.807) is 6.07 Å². The van der Waals surface area contributed by atoms with Crippen LogP contribution in [-0.2, 0) is 14.8 Å². The smallest absolute Gasteiger partial charge is 0.349 e. The largest absolute Gasteiger partial charge is 0.465 e. The summed E-state index contributed by atoms with van der Waals surface area (Å²) in [5.41, 5.74) is 0.0397. The van der Waals surface area contributed by atoms with Crippen LogP contribution in [-0.4, -0.2) is 31.5 Å². The van der Waals surface area contributed by atoms with E-state index in [1.807, 2.05) is 0 Å². The number of carbonyl (C=O) groups excluding carboxylic acids is 1. The van der Waals surface area contributed by atoms with Crippen LogP contribution in [0.15, 0.2) is 53.0 Å². The molecule has 2 heterocycles. The van der Waals surface area contributed by atoms with Crippen molar-refractivity contribution < 1.29 is 27.1 Å². The quantitative estimate of drug-likeness (QED) is 0.624. The first-order valence-corrected chi connectivity index (χ1v) is 9.70. The summed E-state index contributed by atoms with van der Waals surface area (Å²) in [5, 5.41) is 1.46. The van der Waals surface area contributed by atoms with Crippen molar-refractivity contribution in [3.05, 3.63) is 58.8 Å². The molecule has 0 spiro atoms. The van der Waals surface area contributed by atoms with Crippen molar-refractivity contribution in [1.82, 2.24) is 9.97 Å². The number of para-hydroxylation sites is 1. The molecule has 0 aliphatic carbocycles. The SMILES string of the molecule is COC(=O)c1sccc1S(=O)(=O)Nc1cnc(Oc2ccccc2F)nc1. The lowest BCUT2D eigenvalue weighted by Crippen LogP contribution is -2.16. The highest BCUT2D eigenvalue weighted by Gasteiger charge is 2.25. The molecule has 0 saturated heterocycles. The number of hydrogen-bond acceptors (Lipinski definition) is 8. The van der Waals surface area contributed by atoms with Crippen molar-refractivity contribution >= 4 is 33.0 Å². The second kappa shape index (κ2) is 7.68. The molecular formula is C16H12FN3O5S2. The number of thiophene rings is 1. The lowest BCUT2D eigenvalue weighted by atomic mass is 10.3. The Hall–Kier alpha value is -3.05. The van der Waals surface area contributed by atoms with Gasteiger partial charge in [0.2, 0.25) is 0 Å². The van der Waals surface area contributed by atoms with E-state index >= 15 is 0 Å². The zero-order valence-corrected chi connectivity index (χ0v) is 15.4. The molecule has 2 aromatic heterocycles. The molecule has 1 aromatic carbocycles. The van der Waals surface area contributed by atoms with Crippen molar-refractivity contribution in [3.63, 3.8) is 0 Å². The highest BCUT2D eigenvalue weighted by atomic mass is 32.2. The van der Waals surface area contributed by atoms with Crippen molar-refractivity contribution in [3.8, 4) is 11.8 Å². The summed E-state index contributed by atoms with van der Waals surface area (Å²) in [6, 6.07) is 6.84. The van der Waals surface area contributed by atoms with Gasteiger partial charge in [-0.05, 0) is 23.6 Å². The third-order valence-corrected chi connectivity index (χ3v) is 5.65. The maximum Gasteiger partial charge on any atom is 0.349 e. The van der Waals surface area contributed by atoms with Crippen LogP contribution < -0.4 is 9.46 Å². The van der Waals surface area contributed by atoms with Crippen LogP contribution in [0.25, 0.3) is 0 Å². The molecule has 0 aliphatic heterocycles. The van der Waals surface area contributed by atoms with Crippen LogP contribution in [0.3, 0.4) is 0 Å². The van der Waals surface area contributed by atoms with E-state index in [4.69, 9.17) is 4.74 Å². The minimum Gasteiger partial charge on any atom is -0.465 e. The van der Waals surface area contributed by atoms with Gasteiger partial charge in [-0.2, -0.15) is 0 Å². The number of carbonyl (C=O) groups is 1. The van der Waals surface area contributed by atoms with Crippen LogP contribution >= 0.6 is 11.3 Å². The summed E-state index contributed by atoms with van der Waals surface area (Å²) in [5.74, 6) is -1.40. The maximum atomic E-state index is 13.6. The summed E-state index contributed by atoms with van der Waals surface area (Å²) in [6.45, 7) is 0. The van der Waals surface area contributed by atoms with Crippen molar-refractivity contribution in [2.75, 3.05) is 11.8 Å². The number of methoxy groups -OCH3 is 1. The topological polar surface area (TPSA) is 107 Å². The molecule has 11 heteroatoms. The highest BCUT2D eigenvalue weighted by Crippen LogP contribution is 2.25. The molecule has 0 fully saturated rings. The monoisotopic (exact) mass is 409 g/mol. The summed E-state index contributed by atoms with van der Waals surface area (Å²) in [7, 11) is -2.89. The van der Waals surface area contributed by atoms with Gasteiger partial charge in [-0.1, -0.05) is 12.1 Å². The summed E-state index contributed by atoms with van der Waals surface area (Å²) in [6.07, 6.45) is 2.32. The second-order valence-electron chi connectivity index (χ2n) is 5.00. The number of nitrogens with zero attached hydrogens (tertiary/aromatic N) is 2. The zero-order valence-electron chi connectivity index (χ0n) is 13.7. The average molecular weight is 409 g/mol. The van der Waals surface area contributed by atoms with Crippen LogP contribution in [0.1, 0.15) is 9.67 Å². The number of sulfonamides is 1. The Bertz CT molecular complexity index is 1070. The third-order valence-electron chi connectivity index (χ3n) is 3.21. The molecule has 0 unspecified atom stereocenters. The maximum absolute atomic E-state index is 13.6. The molecule has 0 amide bonds. The van der Waals surface area contributed by atoms with Crippen molar-refractivity contribution in [2.24, 2.45) is 0 Å². The van der Waals surface area contributed by atoms with Gasteiger partial charge in [0, 0.05) is 0 Å². The number of hydrogen-bond donors (Lipinski definition) is 1. The fourth-order valence-corrected chi connectivity index (χ4v) is 4.37. The molecule has 0 atom stereocenters. The Labute approximate surface area is 157 Å². The number of halogens is 1. The number of aromatic nitrogens is 2. The van der Waals surface area contributed by atoms with Crippen LogP contribution in [0.5, 0.6) is 11.8 Å². The van der Waals surface area contributed by atoms with Crippen molar-refractivity contribution in [2.45, 2.75) is 4.90 Å². The van der Waals surface area contributed by atoms with E-state index in [1.165, 1.54) is 29.6 Å². The van der Waals surface area contributed by atoms with Gasteiger partial charge < -0.3 is 9.47 Å². The molecule has 3 rings (SSSR count). The molecule has 27 heavy (non-hydrogen) atoms. The molecule has 8 nitrogen and oxygen atoms in total. The summed E-state index contributed by atoms with van der Waals surface area (Å²) >= 11 is 0.944. The zero-order chi connectivity index (χ0) is 19.4. The van der Waals surface area contributed by atoms with E-state index in [9.17, 15) is 17.6 Å². The molecule has 0 bridgehead atoms. The van der Waals surface area contributed by atoms with Crippen LogP contribution in [0, 0.1) is 5.82 Å². The number of rotatable bonds is 6. The summed E-state index contributed by atoms with van der Waals surface area (Å²) < 4.78 is 50.5. The fourth-order valence-electron chi connectivity index (χ4n) is 2.01. The number of nitrogens with one attached hydrogen (secondary N) is 1. The Balaban J connectivity index is 1.77. The predicted octanol–water partition coefficient (Wildman–Crippen LogP) is 3.06. The molecule has 3 aromatic rings. The highest BCUT2D eigenvalue weighted by molar-refractivity contribution is 7.93. The average Bonchev–Trinajstić information content (AvgIpc) is 3.15. The van der Waals surface area contributed by atoms with Crippen molar-refractivity contribution in [1.29, 1.82) is 0 Å². The first kappa shape index (κ1) is 18.7. The third kappa shape index (κ3) is 4.20. The Morgan fingerprint density at radius 2 is 1.89 bits per heavy atom. The molecule has 140 valence electrons. The number of anilines is 1. The molecule has 0 saturated carbocycles. The normalized spacial score (nSPS) is 11.0. The molecule has 0 radical (unpaired) electrons. The van der Waals surface area contributed by atoms with Crippen LogP contribution in [0.2, 0.25) is 0 Å². The molecule has 1 N–H and O–H groups in total. The van der Waals surface area contributed by atoms with Gasteiger partial charge in [0.15, 0.2) is 11.6 Å². The Morgan fingerprint density at radius 1 is 1.19 bits per heavy atom. The summed E-state index contributed by atoms with van der Waals surface area (Å²) in [4.78, 5) is 19.1. The standard InChI is InChI=1S/C16H12FN3O5S2/c1-24-15(21)14-13(6-7-26-14)27(22,23)20-10-8-18-16(19-9-10)25-12-5-3-2-4-11(12)17/h2-9,20H,1H3. The molecular weight excluding hydrogens is 397 g/mol. The minimum atomic E-state index is -4.06. The number of ether oxygens (including phenoxy) is 2.